The average Bonchev–Trinajstić information content (AvgIpc) is 2.68. The van der Waals surface area contributed by atoms with E-state index in [0.717, 1.165) is 5.31 Å². The zero-order valence-corrected chi connectivity index (χ0v) is 12.3. The molecule has 1 saturated carbocycles. The van der Waals surface area contributed by atoms with Crippen LogP contribution in [0, 0.1) is 0 Å². The maximum atomic E-state index is 12.5. The van der Waals surface area contributed by atoms with Gasteiger partial charge in [0, 0.05) is 13.1 Å². The summed E-state index contributed by atoms with van der Waals surface area (Å²) in [6.45, 7) is 1.82. The molecule has 1 aromatic rings. The maximum Gasteiger partial charge on any atom is 0.330 e. The van der Waals surface area contributed by atoms with Crippen LogP contribution in [0.5, 0.6) is 0 Å². The van der Waals surface area contributed by atoms with Crippen LogP contribution in [0.4, 0.5) is 5.82 Å². The number of nitrogens with one attached hydrogen (secondary N) is 1. The molecule has 1 aliphatic carbocycles. The van der Waals surface area contributed by atoms with E-state index in [0.29, 0.717) is 37.2 Å². The van der Waals surface area contributed by atoms with Crippen molar-refractivity contribution in [1.82, 2.24) is 9.13 Å². The molecule has 2 aliphatic rings. The van der Waals surface area contributed by atoms with Crippen LogP contribution >= 0.6 is 11.6 Å². The Morgan fingerprint density at radius 1 is 1.60 bits per heavy atom. The van der Waals surface area contributed by atoms with E-state index in [1.165, 1.54) is 4.57 Å². The average molecular weight is 300 g/mol. The third-order valence-corrected chi connectivity index (χ3v) is 4.47. The summed E-state index contributed by atoms with van der Waals surface area (Å²) in [4.78, 5) is 16.5. The van der Waals surface area contributed by atoms with Crippen LogP contribution in [-0.4, -0.2) is 31.7 Å². The zero-order valence-electron chi connectivity index (χ0n) is 12.6. The smallest absolute Gasteiger partial charge is 0.330 e. The first-order valence-electron chi connectivity index (χ1n) is 7.25. The summed E-state index contributed by atoms with van der Waals surface area (Å²) in [6.07, 6.45) is 4.26. The lowest BCUT2D eigenvalue weighted by Crippen LogP contribution is -2.35. The molecule has 20 heavy (non-hydrogen) atoms. The van der Waals surface area contributed by atoms with Gasteiger partial charge in [-0.2, -0.15) is 0 Å². The number of nitrogens with zero attached hydrogens (tertiary/aromatic N) is 3. The van der Waals surface area contributed by atoms with Crippen molar-refractivity contribution in [3.8, 4) is 0 Å². The highest BCUT2D eigenvalue weighted by Gasteiger charge is 2.33. The van der Waals surface area contributed by atoms with E-state index in [2.05, 4.69) is 4.99 Å². The second kappa shape index (κ2) is 4.63. The summed E-state index contributed by atoms with van der Waals surface area (Å²) in [6, 6.07) is -0.0177. The molecule has 2 heterocycles. The van der Waals surface area contributed by atoms with Crippen LogP contribution < -0.4 is 11.0 Å². The Hall–Kier alpha value is -1.27. The monoisotopic (exact) mass is 299 g/mol. The molecule has 0 bridgehead atoms. The van der Waals surface area contributed by atoms with Gasteiger partial charge in [0.15, 0.2) is 7.04 Å². The van der Waals surface area contributed by atoms with Gasteiger partial charge in [-0.05, 0) is 32.6 Å². The molecule has 110 valence electrons. The van der Waals surface area contributed by atoms with Crippen LogP contribution in [0.25, 0.3) is 0 Å². The third kappa shape index (κ3) is 2.16. The molecule has 3 rings (SSSR count). The molecule has 1 aromatic heterocycles. The van der Waals surface area contributed by atoms with Crippen molar-refractivity contribution in [2.75, 3.05) is 5.31 Å². The predicted molar refractivity (Wildman–Crippen MR) is 78.7 cm³/mol. The molecule has 0 saturated heterocycles. The van der Waals surface area contributed by atoms with Crippen molar-refractivity contribution in [2.45, 2.75) is 49.9 Å². The molecule has 0 amide bonds. The first-order valence-corrected chi connectivity index (χ1v) is 7.24. The van der Waals surface area contributed by atoms with Gasteiger partial charge in [-0.25, -0.2) is 4.79 Å². The van der Waals surface area contributed by atoms with Gasteiger partial charge in [0.25, 0.3) is 0 Å². The lowest BCUT2D eigenvalue weighted by Gasteiger charge is -2.34. The third-order valence-electron chi connectivity index (χ3n) is 4.26. The largest absolute Gasteiger partial charge is 0.390 e. The van der Waals surface area contributed by atoms with E-state index in [4.69, 9.17) is 13.0 Å². The Labute approximate surface area is 123 Å². The minimum Gasteiger partial charge on any atom is -0.390 e. The number of hydrogen-bond acceptors (Lipinski definition) is 4. The lowest BCUT2D eigenvalue weighted by atomic mass is 9.83. The molecule has 7 heteroatoms. The van der Waals surface area contributed by atoms with E-state index in [9.17, 15) is 9.90 Å². The number of fused-ring (bicyclic) bond motifs is 1. The summed E-state index contributed by atoms with van der Waals surface area (Å²) in [5.74, 6) is 0.490. The van der Waals surface area contributed by atoms with Gasteiger partial charge < -0.3 is 10.4 Å². The molecule has 0 radical (unpaired) electrons. The summed E-state index contributed by atoms with van der Waals surface area (Å²) >= 11 is 5.99. The van der Waals surface area contributed by atoms with Gasteiger partial charge in [-0.3, -0.25) is 14.1 Å². The number of alkyl halides is 1. The SMILES string of the molecule is [2H]N1c2c(n(C)c(=O)n2C2CCC(C)(O)CC2)C=NC1Cl. The summed E-state index contributed by atoms with van der Waals surface area (Å²) in [5, 5.41) is 11.1. The second-order valence-corrected chi connectivity index (χ2v) is 6.26. The van der Waals surface area contributed by atoms with Crippen LogP contribution in [-0.2, 0) is 7.05 Å². The Kier molecular flexibility index (Phi) is 2.89. The second-order valence-electron chi connectivity index (χ2n) is 5.87. The van der Waals surface area contributed by atoms with Crippen molar-refractivity contribution < 1.29 is 6.52 Å². The summed E-state index contributed by atoms with van der Waals surface area (Å²) in [5.41, 5.74) is -1.05. The molecule has 0 aromatic carbocycles. The van der Waals surface area contributed by atoms with Gasteiger partial charge in [0.1, 0.15) is 11.5 Å². The number of imidazole rings is 1. The molecule has 1 fully saturated rings. The number of aliphatic imine (C=N–C) groups is 1. The van der Waals surface area contributed by atoms with Gasteiger partial charge >= 0.3 is 5.69 Å². The number of rotatable bonds is 1. The standard InChI is InChI=1S/C13H19ClN4O2/c1-13(20)5-3-8(4-6-13)18-10-9(17(2)12(18)19)7-15-11(14)16-10/h7-8,11,16,20H,3-6H2,1-2H3/i/hD. The molecule has 1 atom stereocenters. The van der Waals surface area contributed by atoms with Gasteiger partial charge in [0.05, 0.1) is 11.8 Å². The molecule has 6 nitrogen and oxygen atoms in total. The fourth-order valence-corrected chi connectivity index (χ4v) is 3.13. The highest BCUT2D eigenvalue weighted by atomic mass is 35.5. The van der Waals surface area contributed by atoms with Crippen molar-refractivity contribution in [3.05, 3.63) is 16.2 Å². The minimum atomic E-state index is -0.822. The van der Waals surface area contributed by atoms with E-state index in [1.54, 1.807) is 17.8 Å². The van der Waals surface area contributed by atoms with Crippen LogP contribution in [0.1, 0.15) is 44.3 Å². The minimum absolute atomic E-state index is 0.0177. The quantitative estimate of drug-likeness (QED) is 0.608. The molecule has 2 N–H and O–H groups in total. The molecule has 0 spiro atoms. The summed E-state index contributed by atoms with van der Waals surface area (Å²) in [7, 11) is 1.67. The van der Waals surface area contributed by atoms with Gasteiger partial charge in [-0.1, -0.05) is 11.6 Å². The highest BCUT2D eigenvalue weighted by Crippen LogP contribution is 2.36. The molecular formula is C13H19ClN4O2. The highest BCUT2D eigenvalue weighted by molar-refractivity contribution is 6.22. The number of hydrogen-bond donors (Lipinski definition) is 2. The topological polar surface area (TPSA) is 71.5 Å². The number of aromatic nitrogens is 2. The van der Waals surface area contributed by atoms with Crippen LogP contribution in [0.3, 0.4) is 0 Å². The van der Waals surface area contributed by atoms with E-state index >= 15 is 0 Å². The van der Waals surface area contributed by atoms with E-state index in [1.807, 2.05) is 6.92 Å². The van der Waals surface area contributed by atoms with Gasteiger partial charge in [-0.15, -0.1) is 0 Å². The molecule has 1 aliphatic heterocycles. The number of halogens is 1. The normalized spacial score (nSPS) is 34.0. The first-order chi connectivity index (χ1) is 9.82. The van der Waals surface area contributed by atoms with Crippen molar-refractivity contribution in [1.29, 1.82) is 0 Å². The zero-order chi connectivity index (χ0) is 15.4. The number of anilines is 1. The van der Waals surface area contributed by atoms with E-state index < -0.39 is 11.2 Å². The maximum absolute atomic E-state index is 12.5. The van der Waals surface area contributed by atoms with Crippen molar-refractivity contribution in [3.63, 3.8) is 0 Å². The predicted octanol–water partition coefficient (Wildman–Crippen LogP) is 1.42. The Morgan fingerprint density at radius 2 is 2.25 bits per heavy atom. The summed E-state index contributed by atoms with van der Waals surface area (Å²) < 4.78 is 11.2. The lowest BCUT2D eigenvalue weighted by molar-refractivity contribution is 0.00972. The Bertz CT molecular complexity index is 641. The van der Waals surface area contributed by atoms with E-state index in [-0.39, 0.29) is 11.7 Å². The van der Waals surface area contributed by atoms with Crippen molar-refractivity contribution in [2.24, 2.45) is 12.0 Å². The Balaban J connectivity index is 2.05. The fourth-order valence-electron chi connectivity index (χ4n) is 2.98. The Morgan fingerprint density at radius 3 is 2.90 bits per heavy atom. The van der Waals surface area contributed by atoms with Crippen LogP contribution in [0.15, 0.2) is 9.79 Å². The number of aliphatic hydroxyl groups is 1. The molecule has 1 unspecified atom stereocenters. The van der Waals surface area contributed by atoms with Crippen LogP contribution in [0.2, 0.25) is 1.41 Å². The molecular weight excluding hydrogens is 280 g/mol. The van der Waals surface area contributed by atoms with Crippen molar-refractivity contribution >= 4 is 23.6 Å². The fraction of sp³-hybridized carbons (Fsp3) is 0.692. The first kappa shape index (κ1) is 12.5. The van der Waals surface area contributed by atoms with Gasteiger partial charge in [0.2, 0.25) is 0 Å².